The number of benzene rings is 2. The van der Waals surface area contributed by atoms with Crippen molar-refractivity contribution in [3.8, 4) is 28.7 Å². The van der Waals surface area contributed by atoms with E-state index < -0.39 is 0 Å². The second kappa shape index (κ2) is 6.50. The third-order valence-electron chi connectivity index (χ3n) is 4.55. The summed E-state index contributed by atoms with van der Waals surface area (Å²) in [5, 5.41) is 5.14. The molecular weight excluding hydrogens is 338 g/mol. The number of aromatic nitrogens is 3. The van der Waals surface area contributed by atoms with Crippen molar-refractivity contribution in [1.29, 1.82) is 0 Å². The van der Waals surface area contributed by atoms with Crippen LogP contribution in [0.1, 0.15) is 26.3 Å². The predicted octanol–water partition coefficient (Wildman–Crippen LogP) is 5.26. The highest BCUT2D eigenvalue weighted by atomic mass is 16.5. The van der Waals surface area contributed by atoms with E-state index in [1.54, 1.807) is 7.11 Å². The van der Waals surface area contributed by atoms with E-state index in [0.717, 1.165) is 16.5 Å². The molecule has 0 saturated carbocycles. The van der Waals surface area contributed by atoms with Gasteiger partial charge in [-0.2, -0.15) is 4.98 Å². The van der Waals surface area contributed by atoms with Crippen LogP contribution in [0.3, 0.4) is 0 Å². The maximum Gasteiger partial charge on any atom is 0.258 e. The highest BCUT2D eigenvalue weighted by molar-refractivity contribution is 5.85. The van der Waals surface area contributed by atoms with Gasteiger partial charge in [0.1, 0.15) is 0 Å². The Morgan fingerprint density at radius 3 is 2.37 bits per heavy atom. The van der Waals surface area contributed by atoms with Gasteiger partial charge in [0.15, 0.2) is 0 Å². The summed E-state index contributed by atoms with van der Waals surface area (Å²) in [6, 6.07) is 18.0. The lowest BCUT2D eigenvalue weighted by Crippen LogP contribution is -2.10. The fourth-order valence-corrected chi connectivity index (χ4v) is 2.98. The summed E-state index contributed by atoms with van der Waals surface area (Å²) in [6.45, 7) is 6.56. The molecule has 5 heteroatoms. The summed E-state index contributed by atoms with van der Waals surface area (Å²) in [4.78, 5) is 9.11. The quantitative estimate of drug-likeness (QED) is 0.499. The van der Waals surface area contributed by atoms with Crippen LogP contribution in [0.4, 0.5) is 0 Å². The van der Waals surface area contributed by atoms with Gasteiger partial charge in [-0.3, -0.25) is 0 Å². The topological polar surface area (TPSA) is 61.0 Å². The molecule has 0 aliphatic rings. The molecule has 2 aromatic heterocycles. The number of rotatable bonds is 3. The van der Waals surface area contributed by atoms with Crippen molar-refractivity contribution < 1.29 is 9.26 Å². The molecule has 0 N–H and O–H groups in total. The second-order valence-corrected chi connectivity index (χ2v) is 7.49. The Balaban J connectivity index is 1.73. The fraction of sp³-hybridized carbons (Fsp3) is 0.227. The van der Waals surface area contributed by atoms with Gasteiger partial charge in [-0.05, 0) is 35.2 Å². The zero-order valence-electron chi connectivity index (χ0n) is 15.9. The molecule has 0 spiro atoms. The molecule has 0 saturated heterocycles. The minimum atomic E-state index is 0.0999. The van der Waals surface area contributed by atoms with Gasteiger partial charge >= 0.3 is 0 Å². The predicted molar refractivity (Wildman–Crippen MR) is 106 cm³/mol. The van der Waals surface area contributed by atoms with Crippen molar-refractivity contribution in [3.63, 3.8) is 0 Å². The van der Waals surface area contributed by atoms with E-state index in [1.807, 2.05) is 42.5 Å². The van der Waals surface area contributed by atoms with E-state index in [2.05, 4.69) is 48.0 Å². The van der Waals surface area contributed by atoms with E-state index in [0.29, 0.717) is 23.2 Å². The zero-order valence-corrected chi connectivity index (χ0v) is 15.9. The average molecular weight is 359 g/mol. The molecule has 2 heterocycles. The summed E-state index contributed by atoms with van der Waals surface area (Å²) < 4.78 is 10.9. The molecule has 0 radical (unpaired) electrons. The third kappa shape index (κ3) is 3.28. The molecule has 4 rings (SSSR count). The van der Waals surface area contributed by atoms with Crippen LogP contribution in [0.2, 0.25) is 0 Å². The van der Waals surface area contributed by atoms with Crippen LogP contribution >= 0.6 is 0 Å². The lowest BCUT2D eigenvalue weighted by Gasteiger charge is -2.18. The first-order valence-electron chi connectivity index (χ1n) is 8.84. The van der Waals surface area contributed by atoms with E-state index in [9.17, 15) is 0 Å². The second-order valence-electron chi connectivity index (χ2n) is 7.49. The molecule has 5 nitrogen and oxygen atoms in total. The number of nitrogens with zero attached hydrogens (tertiary/aromatic N) is 3. The molecule has 136 valence electrons. The van der Waals surface area contributed by atoms with Crippen LogP contribution in [0.5, 0.6) is 5.88 Å². The Morgan fingerprint density at radius 2 is 1.67 bits per heavy atom. The maximum absolute atomic E-state index is 5.50. The SMILES string of the molecule is COc1nc2ccccc2cc1-c1noc(-c2ccc(C(C)(C)C)cc2)n1. The summed E-state index contributed by atoms with van der Waals surface area (Å²) >= 11 is 0. The number of ether oxygens (including phenoxy) is 1. The molecule has 0 amide bonds. The van der Waals surface area contributed by atoms with Gasteiger partial charge in [-0.15, -0.1) is 0 Å². The molecule has 2 aromatic carbocycles. The number of hydrogen-bond acceptors (Lipinski definition) is 5. The Hall–Kier alpha value is -3.21. The molecule has 27 heavy (non-hydrogen) atoms. The Morgan fingerprint density at radius 1 is 0.926 bits per heavy atom. The average Bonchev–Trinajstić information content (AvgIpc) is 3.16. The molecule has 0 atom stereocenters. The van der Waals surface area contributed by atoms with Gasteiger partial charge in [0.2, 0.25) is 11.7 Å². The third-order valence-corrected chi connectivity index (χ3v) is 4.55. The first-order valence-corrected chi connectivity index (χ1v) is 8.84. The van der Waals surface area contributed by atoms with Gasteiger partial charge < -0.3 is 9.26 Å². The molecule has 4 aromatic rings. The van der Waals surface area contributed by atoms with Crippen molar-refractivity contribution in [2.24, 2.45) is 0 Å². The van der Waals surface area contributed by atoms with Gasteiger partial charge in [-0.25, -0.2) is 4.98 Å². The van der Waals surface area contributed by atoms with Crippen LogP contribution in [-0.4, -0.2) is 22.2 Å². The summed E-state index contributed by atoms with van der Waals surface area (Å²) in [7, 11) is 1.59. The number of fused-ring (bicyclic) bond motifs is 1. The maximum atomic E-state index is 5.50. The van der Waals surface area contributed by atoms with Crippen LogP contribution < -0.4 is 4.74 Å². The normalized spacial score (nSPS) is 11.7. The smallest absolute Gasteiger partial charge is 0.258 e. The summed E-state index contributed by atoms with van der Waals surface area (Å²) in [6.07, 6.45) is 0. The highest BCUT2D eigenvalue weighted by Crippen LogP contribution is 2.32. The van der Waals surface area contributed by atoms with Crippen LogP contribution in [0.15, 0.2) is 59.1 Å². The van der Waals surface area contributed by atoms with Gasteiger partial charge in [0, 0.05) is 10.9 Å². The van der Waals surface area contributed by atoms with Gasteiger partial charge in [0.05, 0.1) is 18.2 Å². The Labute approximate surface area is 158 Å². The van der Waals surface area contributed by atoms with Gasteiger partial charge in [0.25, 0.3) is 5.89 Å². The van der Waals surface area contributed by atoms with E-state index in [-0.39, 0.29) is 5.41 Å². The lowest BCUT2D eigenvalue weighted by atomic mass is 9.87. The first-order chi connectivity index (χ1) is 13.0. The van der Waals surface area contributed by atoms with E-state index in [1.165, 1.54) is 5.56 Å². The van der Waals surface area contributed by atoms with Crippen LogP contribution in [0, 0.1) is 0 Å². The van der Waals surface area contributed by atoms with Crippen LogP contribution in [-0.2, 0) is 5.41 Å². The Bertz CT molecular complexity index is 1090. The summed E-state index contributed by atoms with van der Waals surface area (Å²) in [5.74, 6) is 1.41. The Kier molecular flexibility index (Phi) is 4.15. The van der Waals surface area contributed by atoms with Crippen molar-refractivity contribution in [1.82, 2.24) is 15.1 Å². The molecule has 0 aliphatic heterocycles. The number of hydrogen-bond donors (Lipinski definition) is 0. The van der Waals surface area contributed by atoms with E-state index >= 15 is 0 Å². The molecule has 0 aliphatic carbocycles. The minimum Gasteiger partial charge on any atom is -0.480 e. The molecule has 0 bridgehead atoms. The van der Waals surface area contributed by atoms with Crippen molar-refractivity contribution in [3.05, 3.63) is 60.2 Å². The summed E-state index contributed by atoms with van der Waals surface area (Å²) in [5.41, 5.74) is 3.81. The standard InChI is InChI=1S/C22H21N3O2/c1-22(2,3)16-11-9-14(10-12-16)20-24-19(25-27-20)17-13-15-7-5-6-8-18(15)23-21(17)26-4/h5-13H,1-4H3. The first kappa shape index (κ1) is 17.2. The van der Waals surface area contributed by atoms with Crippen LogP contribution in [0.25, 0.3) is 33.7 Å². The highest BCUT2D eigenvalue weighted by Gasteiger charge is 2.18. The van der Waals surface area contributed by atoms with E-state index in [4.69, 9.17) is 9.26 Å². The molecule has 0 fully saturated rings. The van der Waals surface area contributed by atoms with Crippen molar-refractivity contribution in [2.75, 3.05) is 7.11 Å². The molecular formula is C22H21N3O2. The van der Waals surface area contributed by atoms with Crippen molar-refractivity contribution >= 4 is 10.9 Å². The zero-order chi connectivity index (χ0) is 19.0. The van der Waals surface area contributed by atoms with Crippen molar-refractivity contribution in [2.45, 2.75) is 26.2 Å². The van der Waals surface area contributed by atoms with Gasteiger partial charge in [-0.1, -0.05) is 56.3 Å². The fourth-order valence-electron chi connectivity index (χ4n) is 2.98. The number of para-hydroxylation sites is 1. The minimum absolute atomic E-state index is 0.0999. The monoisotopic (exact) mass is 359 g/mol. The number of pyridine rings is 1. The number of methoxy groups -OCH3 is 1. The lowest BCUT2D eigenvalue weighted by molar-refractivity contribution is 0.399. The molecule has 0 unspecified atom stereocenters. The largest absolute Gasteiger partial charge is 0.480 e.